The maximum atomic E-state index is 11.2. The number of nitro benzene ring substituents is 2. The molecule has 0 bridgehead atoms. The molecule has 1 heterocycles. The van der Waals surface area contributed by atoms with Crippen LogP contribution in [-0.4, -0.2) is 22.1 Å². The summed E-state index contributed by atoms with van der Waals surface area (Å²) in [6.07, 6.45) is 0.657. The minimum atomic E-state index is -0.672. The second-order valence-electron chi connectivity index (χ2n) is 5.56. The predicted molar refractivity (Wildman–Crippen MR) is 94.2 cm³/mol. The number of nitrogens with zero attached hydrogens (tertiary/aromatic N) is 3. The number of hydrogen-bond donors (Lipinski definition) is 2. The molecule has 2 aromatic rings. The molecular formula is C16H15N5O4. The normalized spacial score (nSPS) is 14.5. The van der Waals surface area contributed by atoms with Gasteiger partial charge in [0, 0.05) is 30.3 Å². The van der Waals surface area contributed by atoms with Crippen molar-refractivity contribution in [1.29, 1.82) is 0 Å². The van der Waals surface area contributed by atoms with Crippen LogP contribution in [0.25, 0.3) is 0 Å². The largest absolute Gasteiger partial charge is 0.384 e. The summed E-state index contributed by atoms with van der Waals surface area (Å²) in [7, 11) is 0. The van der Waals surface area contributed by atoms with E-state index in [1.54, 1.807) is 0 Å². The lowest BCUT2D eigenvalue weighted by atomic mass is 9.98. The third-order valence-corrected chi connectivity index (χ3v) is 3.95. The van der Waals surface area contributed by atoms with Gasteiger partial charge in [0.2, 0.25) is 0 Å². The molecule has 2 N–H and O–H groups in total. The lowest BCUT2D eigenvalue weighted by molar-refractivity contribution is -0.393. The monoisotopic (exact) mass is 341 g/mol. The molecule has 0 atom stereocenters. The summed E-state index contributed by atoms with van der Waals surface area (Å²) in [6.45, 7) is 2.70. The number of nitrogens with one attached hydrogen (secondary N) is 2. The number of hydrazone groups is 1. The number of anilines is 2. The van der Waals surface area contributed by atoms with Gasteiger partial charge < -0.3 is 5.32 Å². The zero-order chi connectivity index (χ0) is 18.0. The molecule has 0 fully saturated rings. The number of nitro groups is 2. The first-order chi connectivity index (χ1) is 12.0. The fourth-order valence-corrected chi connectivity index (χ4v) is 2.71. The van der Waals surface area contributed by atoms with Crippen molar-refractivity contribution in [2.75, 3.05) is 17.3 Å². The first-order valence-electron chi connectivity index (χ1n) is 7.56. The van der Waals surface area contributed by atoms with Gasteiger partial charge in [0.1, 0.15) is 5.69 Å². The average molecular weight is 341 g/mol. The lowest BCUT2D eigenvalue weighted by Gasteiger charge is -2.21. The molecule has 25 heavy (non-hydrogen) atoms. The molecule has 0 unspecified atom stereocenters. The van der Waals surface area contributed by atoms with Gasteiger partial charge in [0.05, 0.1) is 21.6 Å². The first kappa shape index (κ1) is 16.4. The van der Waals surface area contributed by atoms with Crippen LogP contribution in [0.3, 0.4) is 0 Å². The Hall–Kier alpha value is -3.49. The van der Waals surface area contributed by atoms with Gasteiger partial charge in [-0.1, -0.05) is 18.2 Å². The number of hydrogen-bond acceptors (Lipinski definition) is 7. The van der Waals surface area contributed by atoms with E-state index in [2.05, 4.69) is 15.8 Å². The van der Waals surface area contributed by atoms with Gasteiger partial charge >= 0.3 is 5.69 Å². The van der Waals surface area contributed by atoms with Gasteiger partial charge in [-0.3, -0.25) is 25.7 Å². The van der Waals surface area contributed by atoms with Crippen LogP contribution in [0.4, 0.5) is 22.7 Å². The average Bonchev–Trinajstić information content (AvgIpc) is 2.60. The van der Waals surface area contributed by atoms with E-state index < -0.39 is 15.5 Å². The molecule has 3 rings (SSSR count). The van der Waals surface area contributed by atoms with Crippen molar-refractivity contribution in [3.63, 3.8) is 0 Å². The zero-order valence-corrected chi connectivity index (χ0v) is 13.4. The van der Waals surface area contributed by atoms with Crippen molar-refractivity contribution in [2.45, 2.75) is 13.3 Å². The lowest BCUT2D eigenvalue weighted by Crippen LogP contribution is -2.20. The molecule has 1 aliphatic heterocycles. The maximum absolute atomic E-state index is 11.2. The van der Waals surface area contributed by atoms with E-state index in [-0.39, 0.29) is 11.4 Å². The Morgan fingerprint density at radius 2 is 1.96 bits per heavy atom. The minimum absolute atomic E-state index is 0.107. The van der Waals surface area contributed by atoms with Crippen molar-refractivity contribution >= 4 is 28.5 Å². The maximum Gasteiger partial charge on any atom is 0.301 e. The standard InChI is InChI=1S/C16H15N5O4/c1-10-3-2-4-12-13(7-8-17-16(10)12)18-19-14-6-5-11(20(22)23)9-15(14)21(24)25/h2-6,9,17,19H,7-8H2,1H3. The quantitative estimate of drug-likeness (QED) is 0.648. The Morgan fingerprint density at radius 1 is 1.16 bits per heavy atom. The number of aryl methyl sites for hydroxylation is 1. The summed E-state index contributed by atoms with van der Waals surface area (Å²) in [4.78, 5) is 20.6. The first-order valence-corrected chi connectivity index (χ1v) is 7.56. The molecule has 0 saturated heterocycles. The Bertz CT molecular complexity index is 894. The van der Waals surface area contributed by atoms with Crippen LogP contribution in [0, 0.1) is 27.2 Å². The second-order valence-corrected chi connectivity index (χ2v) is 5.56. The molecule has 0 radical (unpaired) electrons. The van der Waals surface area contributed by atoms with Crippen LogP contribution in [0.1, 0.15) is 17.5 Å². The van der Waals surface area contributed by atoms with E-state index in [1.807, 2.05) is 25.1 Å². The van der Waals surface area contributed by atoms with Gasteiger partial charge in [0.15, 0.2) is 0 Å². The van der Waals surface area contributed by atoms with E-state index in [9.17, 15) is 20.2 Å². The summed E-state index contributed by atoms with van der Waals surface area (Å²) in [5.74, 6) is 0. The van der Waals surface area contributed by atoms with E-state index in [1.165, 1.54) is 12.1 Å². The molecule has 0 amide bonds. The van der Waals surface area contributed by atoms with Gasteiger partial charge in [-0.25, -0.2) is 0 Å². The molecule has 0 spiro atoms. The Morgan fingerprint density at radius 3 is 2.68 bits per heavy atom. The van der Waals surface area contributed by atoms with Crippen LogP contribution in [0.2, 0.25) is 0 Å². The highest BCUT2D eigenvalue weighted by molar-refractivity contribution is 6.07. The van der Waals surface area contributed by atoms with Gasteiger partial charge in [0.25, 0.3) is 5.69 Å². The van der Waals surface area contributed by atoms with E-state index in [0.29, 0.717) is 13.0 Å². The van der Waals surface area contributed by atoms with Crippen LogP contribution in [-0.2, 0) is 0 Å². The van der Waals surface area contributed by atoms with Crippen LogP contribution in [0.15, 0.2) is 41.5 Å². The summed E-state index contributed by atoms with van der Waals surface area (Å²) in [6, 6.07) is 9.26. The van der Waals surface area contributed by atoms with Gasteiger partial charge in [-0.15, -0.1) is 0 Å². The number of para-hydroxylation sites is 1. The molecule has 0 aliphatic carbocycles. The van der Waals surface area contributed by atoms with Crippen molar-refractivity contribution in [3.05, 3.63) is 67.8 Å². The van der Waals surface area contributed by atoms with Gasteiger partial charge in [-0.05, 0) is 18.6 Å². The third-order valence-electron chi connectivity index (χ3n) is 3.95. The number of fused-ring (bicyclic) bond motifs is 1. The topological polar surface area (TPSA) is 123 Å². The summed E-state index contributed by atoms with van der Waals surface area (Å²) < 4.78 is 0. The van der Waals surface area contributed by atoms with Crippen LogP contribution in [0.5, 0.6) is 0 Å². The van der Waals surface area contributed by atoms with E-state index in [0.717, 1.165) is 28.6 Å². The summed E-state index contributed by atoms with van der Waals surface area (Å²) in [5, 5.41) is 29.6. The Labute approximate surface area is 142 Å². The molecule has 9 heteroatoms. The summed E-state index contributed by atoms with van der Waals surface area (Å²) in [5.41, 5.74) is 5.85. The van der Waals surface area contributed by atoms with Crippen molar-refractivity contribution in [3.8, 4) is 0 Å². The van der Waals surface area contributed by atoms with E-state index >= 15 is 0 Å². The Balaban J connectivity index is 1.95. The third kappa shape index (κ3) is 3.25. The SMILES string of the molecule is Cc1cccc2c1NCCC2=NNc1ccc([N+](=O)[O-])cc1[N+](=O)[O-]. The molecule has 128 valence electrons. The fourth-order valence-electron chi connectivity index (χ4n) is 2.71. The smallest absolute Gasteiger partial charge is 0.301 e. The summed E-state index contributed by atoms with van der Waals surface area (Å²) >= 11 is 0. The molecular weight excluding hydrogens is 326 g/mol. The number of rotatable bonds is 4. The highest BCUT2D eigenvalue weighted by Gasteiger charge is 2.20. The highest BCUT2D eigenvalue weighted by atomic mass is 16.6. The van der Waals surface area contributed by atoms with Crippen LogP contribution >= 0.6 is 0 Å². The minimum Gasteiger partial charge on any atom is -0.384 e. The van der Waals surface area contributed by atoms with Crippen molar-refractivity contribution in [2.24, 2.45) is 5.10 Å². The zero-order valence-electron chi connectivity index (χ0n) is 13.4. The number of benzene rings is 2. The molecule has 9 nitrogen and oxygen atoms in total. The van der Waals surface area contributed by atoms with E-state index in [4.69, 9.17) is 0 Å². The number of non-ortho nitro benzene ring substituents is 1. The Kier molecular flexibility index (Phi) is 4.29. The van der Waals surface area contributed by atoms with Crippen LogP contribution < -0.4 is 10.7 Å². The molecule has 1 aliphatic rings. The van der Waals surface area contributed by atoms with Crippen molar-refractivity contribution in [1.82, 2.24) is 0 Å². The van der Waals surface area contributed by atoms with Gasteiger partial charge in [-0.2, -0.15) is 5.10 Å². The predicted octanol–water partition coefficient (Wildman–Crippen LogP) is 3.44. The molecule has 2 aromatic carbocycles. The molecule has 0 saturated carbocycles. The molecule has 0 aromatic heterocycles. The second kappa shape index (κ2) is 6.56. The highest BCUT2D eigenvalue weighted by Crippen LogP contribution is 2.30. The fraction of sp³-hybridized carbons (Fsp3) is 0.188. The van der Waals surface area contributed by atoms with Crippen molar-refractivity contribution < 1.29 is 9.85 Å².